The van der Waals surface area contributed by atoms with Crippen molar-refractivity contribution >= 4 is 11.8 Å². The van der Waals surface area contributed by atoms with Crippen LogP contribution in [0.15, 0.2) is 79.0 Å². The lowest BCUT2D eigenvalue weighted by Gasteiger charge is -2.28. The molecule has 5 heteroatoms. The number of rotatable bonds is 9. The van der Waals surface area contributed by atoms with E-state index in [1.54, 1.807) is 6.08 Å². The van der Waals surface area contributed by atoms with Crippen LogP contribution in [0, 0.1) is 0 Å². The molecule has 0 saturated heterocycles. The molecule has 2 aromatic carbocycles. The van der Waals surface area contributed by atoms with E-state index in [0.29, 0.717) is 6.42 Å². The first-order valence-corrected chi connectivity index (χ1v) is 10.2. The van der Waals surface area contributed by atoms with Crippen molar-refractivity contribution in [3.63, 3.8) is 0 Å². The molecule has 0 aliphatic carbocycles. The molecule has 5 nitrogen and oxygen atoms in total. The topological polar surface area (TPSA) is 66.3 Å². The summed E-state index contributed by atoms with van der Waals surface area (Å²) < 4.78 is 0. The maximum absolute atomic E-state index is 10.6. The van der Waals surface area contributed by atoms with E-state index in [0.717, 1.165) is 41.3 Å². The van der Waals surface area contributed by atoms with Gasteiger partial charge in [0.2, 0.25) is 0 Å². The molecule has 0 aliphatic heterocycles. The number of nitrogens with zero attached hydrogens (tertiary/aromatic N) is 3. The highest BCUT2D eigenvalue weighted by Crippen LogP contribution is 2.30. The Kier molecular flexibility index (Phi) is 7.33. The van der Waals surface area contributed by atoms with Gasteiger partial charge in [-0.3, -0.25) is 4.98 Å². The molecule has 0 unspecified atom stereocenters. The molecule has 0 amide bonds. The summed E-state index contributed by atoms with van der Waals surface area (Å²) in [6, 6.07) is 20.5. The molecule has 30 heavy (non-hydrogen) atoms. The highest BCUT2D eigenvalue weighted by Gasteiger charge is 2.17. The monoisotopic (exact) mass is 401 g/mol. The summed E-state index contributed by atoms with van der Waals surface area (Å²) in [6.07, 6.45) is 6.27. The lowest BCUT2D eigenvalue weighted by atomic mass is 10.0. The van der Waals surface area contributed by atoms with Gasteiger partial charge in [-0.1, -0.05) is 66.7 Å². The molecule has 0 atom stereocenters. The summed E-state index contributed by atoms with van der Waals surface area (Å²) in [6.45, 7) is 5.03. The number of anilines is 1. The Balaban J connectivity index is 1.93. The molecule has 1 heterocycles. The highest BCUT2D eigenvalue weighted by atomic mass is 16.4. The van der Waals surface area contributed by atoms with Gasteiger partial charge in [-0.15, -0.1) is 0 Å². The zero-order chi connectivity index (χ0) is 21.3. The summed E-state index contributed by atoms with van der Waals surface area (Å²) >= 11 is 0. The number of unbranched alkanes of at least 4 members (excludes halogenated alkanes) is 1. The van der Waals surface area contributed by atoms with Crippen LogP contribution in [0.3, 0.4) is 0 Å². The van der Waals surface area contributed by atoms with E-state index in [1.165, 1.54) is 6.08 Å². The molecule has 0 saturated carbocycles. The normalized spacial score (nSPS) is 11.2. The van der Waals surface area contributed by atoms with Crippen molar-refractivity contribution < 1.29 is 9.90 Å². The first-order valence-electron chi connectivity index (χ1n) is 10.2. The Labute approximate surface area is 177 Å². The molecular weight excluding hydrogens is 374 g/mol. The number of allylic oxidation sites excluding steroid dienone is 1. The number of carboxylic acid groups (broad SMARTS) is 1. The molecule has 3 aromatic rings. The number of carboxylic acids is 1. The number of hydrogen-bond donors (Lipinski definition) is 1. The molecule has 3 rings (SSSR count). The zero-order valence-electron chi connectivity index (χ0n) is 17.4. The van der Waals surface area contributed by atoms with Crippen molar-refractivity contribution in [2.24, 2.45) is 0 Å². The summed E-state index contributed by atoms with van der Waals surface area (Å²) in [5.41, 5.74) is 3.78. The Morgan fingerprint density at radius 2 is 1.60 bits per heavy atom. The Hall–Kier alpha value is -3.47. The number of aromatic nitrogens is 2. The van der Waals surface area contributed by atoms with Gasteiger partial charge in [0, 0.05) is 29.8 Å². The van der Waals surface area contributed by atoms with Crippen LogP contribution in [0.1, 0.15) is 26.7 Å². The highest BCUT2D eigenvalue weighted by molar-refractivity contribution is 5.79. The Morgan fingerprint density at radius 3 is 2.17 bits per heavy atom. The molecule has 1 N–H and O–H groups in total. The van der Waals surface area contributed by atoms with Gasteiger partial charge in [0.15, 0.2) is 0 Å². The summed E-state index contributed by atoms with van der Waals surface area (Å²) in [7, 11) is 0. The molecule has 154 valence electrons. The fourth-order valence-corrected chi connectivity index (χ4v) is 3.32. The van der Waals surface area contributed by atoms with E-state index in [-0.39, 0.29) is 6.04 Å². The first kappa shape index (κ1) is 21.2. The maximum Gasteiger partial charge on any atom is 0.327 e. The average Bonchev–Trinajstić information content (AvgIpc) is 2.76. The largest absolute Gasteiger partial charge is 0.478 e. The molecule has 0 bridgehead atoms. The van der Waals surface area contributed by atoms with Crippen LogP contribution in [0.25, 0.3) is 22.5 Å². The second-order valence-corrected chi connectivity index (χ2v) is 7.33. The average molecular weight is 402 g/mol. The van der Waals surface area contributed by atoms with Crippen molar-refractivity contribution in [3.05, 3.63) is 79.0 Å². The van der Waals surface area contributed by atoms with Gasteiger partial charge in [-0.05, 0) is 26.7 Å². The summed E-state index contributed by atoms with van der Waals surface area (Å²) in [5.74, 6) is -0.0867. The van der Waals surface area contributed by atoms with Gasteiger partial charge in [0.05, 0.1) is 17.6 Å². The third-order valence-corrected chi connectivity index (χ3v) is 4.80. The Bertz CT molecular complexity index is 986. The maximum atomic E-state index is 10.6. The van der Waals surface area contributed by atoms with Crippen LogP contribution >= 0.6 is 0 Å². The number of benzene rings is 2. The van der Waals surface area contributed by atoms with Crippen molar-refractivity contribution in [1.82, 2.24) is 9.97 Å². The van der Waals surface area contributed by atoms with Gasteiger partial charge in [-0.2, -0.15) is 0 Å². The molecule has 1 aromatic heterocycles. The quantitative estimate of drug-likeness (QED) is 0.382. The van der Waals surface area contributed by atoms with Gasteiger partial charge >= 0.3 is 5.97 Å². The molecular formula is C25H27N3O2. The number of aliphatic carboxylic acids is 1. The van der Waals surface area contributed by atoms with Gasteiger partial charge in [0.1, 0.15) is 5.82 Å². The van der Waals surface area contributed by atoms with Crippen LogP contribution in [-0.2, 0) is 4.79 Å². The van der Waals surface area contributed by atoms with E-state index in [9.17, 15) is 4.79 Å². The molecule has 0 spiro atoms. The van der Waals surface area contributed by atoms with Crippen LogP contribution in [0.4, 0.5) is 5.82 Å². The van der Waals surface area contributed by atoms with E-state index in [4.69, 9.17) is 15.1 Å². The first-order chi connectivity index (χ1) is 14.6. The second kappa shape index (κ2) is 10.3. The van der Waals surface area contributed by atoms with Crippen molar-refractivity contribution in [2.45, 2.75) is 32.7 Å². The second-order valence-electron chi connectivity index (χ2n) is 7.33. The van der Waals surface area contributed by atoms with Gasteiger partial charge in [0.25, 0.3) is 0 Å². The van der Waals surface area contributed by atoms with Crippen LogP contribution < -0.4 is 4.90 Å². The van der Waals surface area contributed by atoms with Gasteiger partial charge in [-0.25, -0.2) is 9.78 Å². The van der Waals surface area contributed by atoms with Crippen molar-refractivity contribution in [2.75, 3.05) is 11.4 Å². The predicted octanol–water partition coefficient (Wildman–Crippen LogP) is 5.45. The summed E-state index contributed by atoms with van der Waals surface area (Å²) in [5, 5.41) is 8.73. The molecule has 0 radical (unpaired) electrons. The lowest BCUT2D eigenvalue weighted by molar-refractivity contribution is -0.131. The van der Waals surface area contributed by atoms with E-state index >= 15 is 0 Å². The summed E-state index contributed by atoms with van der Waals surface area (Å²) in [4.78, 5) is 22.7. The van der Waals surface area contributed by atoms with Crippen LogP contribution in [0.5, 0.6) is 0 Å². The third kappa shape index (κ3) is 5.54. The fourth-order valence-electron chi connectivity index (χ4n) is 3.32. The van der Waals surface area contributed by atoms with Crippen LogP contribution in [-0.4, -0.2) is 33.6 Å². The van der Waals surface area contributed by atoms with Crippen LogP contribution in [0.2, 0.25) is 0 Å². The number of carbonyl (C=O) groups is 1. The number of hydrogen-bond acceptors (Lipinski definition) is 4. The lowest BCUT2D eigenvalue weighted by Crippen LogP contribution is -2.32. The SMILES string of the molecule is CC(C)N(CCCC=CC(=O)O)c1cnc(-c2ccccc2)c(-c2ccccc2)n1. The smallest absolute Gasteiger partial charge is 0.327 e. The predicted molar refractivity (Wildman–Crippen MR) is 121 cm³/mol. The Morgan fingerprint density at radius 1 is 1.00 bits per heavy atom. The minimum atomic E-state index is -0.911. The van der Waals surface area contributed by atoms with E-state index in [1.807, 2.05) is 54.7 Å². The minimum absolute atomic E-state index is 0.244. The standard InChI is InChI=1S/C25H27N3O2/c1-19(2)28(17-11-5-10-16-23(29)30)22-18-26-24(20-12-6-3-7-13-20)25(27-22)21-14-8-4-9-15-21/h3-4,6-10,12-16,18-19H,5,11,17H2,1-2H3,(H,29,30). The van der Waals surface area contributed by atoms with Gasteiger partial charge < -0.3 is 10.0 Å². The van der Waals surface area contributed by atoms with E-state index in [2.05, 4.69) is 30.9 Å². The van der Waals surface area contributed by atoms with Crippen molar-refractivity contribution in [3.8, 4) is 22.5 Å². The molecule has 0 aliphatic rings. The molecule has 0 fully saturated rings. The minimum Gasteiger partial charge on any atom is -0.478 e. The third-order valence-electron chi connectivity index (χ3n) is 4.80. The van der Waals surface area contributed by atoms with E-state index < -0.39 is 5.97 Å². The van der Waals surface area contributed by atoms with Crippen molar-refractivity contribution in [1.29, 1.82) is 0 Å². The fraction of sp³-hybridized carbons (Fsp3) is 0.240. The zero-order valence-corrected chi connectivity index (χ0v) is 17.4.